The fraction of sp³-hybridized carbons (Fsp3) is 0.226. The quantitative estimate of drug-likeness (QED) is 0.291. The maximum absolute atomic E-state index is 2.38. The van der Waals surface area contributed by atoms with Gasteiger partial charge in [-0.25, -0.2) is 0 Å². The first-order chi connectivity index (χ1) is 15.4. The summed E-state index contributed by atoms with van der Waals surface area (Å²) >= 11 is 0. The van der Waals surface area contributed by atoms with E-state index in [2.05, 4.69) is 144 Å². The van der Waals surface area contributed by atoms with Gasteiger partial charge >= 0.3 is 0 Å². The monoisotopic (exact) mass is 438 g/mol. The third kappa shape index (κ3) is 3.91. The van der Waals surface area contributed by atoms with Crippen LogP contribution in [0.2, 0.25) is 0 Å². The molecule has 4 aromatic rings. The molecule has 0 saturated carbocycles. The average Bonchev–Trinajstić information content (AvgIpc) is 2.81. The Bertz CT molecular complexity index is 1130. The summed E-state index contributed by atoms with van der Waals surface area (Å²) in [4.78, 5) is 5.66. The van der Waals surface area contributed by atoms with Crippen molar-refractivity contribution in [2.45, 2.75) is 65.5 Å². The van der Waals surface area contributed by atoms with Gasteiger partial charge in [-0.15, -0.1) is 10.0 Å². The molecule has 0 fully saturated rings. The summed E-state index contributed by atoms with van der Waals surface area (Å²) in [7, 11) is -1.70. The number of hydrogen-bond donors (Lipinski definition) is 0. The summed E-state index contributed by atoms with van der Waals surface area (Å²) in [6, 6.07) is 40.6. The fourth-order valence-electron chi connectivity index (χ4n) is 4.60. The normalized spacial score (nSPS) is 12.7. The molecule has 0 heterocycles. The highest BCUT2D eigenvalue weighted by Crippen LogP contribution is 2.75. The van der Waals surface area contributed by atoms with E-state index in [-0.39, 0.29) is 5.41 Å². The molecule has 0 aliphatic heterocycles. The van der Waals surface area contributed by atoms with E-state index in [0.717, 1.165) is 0 Å². The lowest BCUT2D eigenvalue weighted by Gasteiger charge is -2.46. The van der Waals surface area contributed by atoms with Crippen LogP contribution in [0.25, 0.3) is 0 Å². The molecular weight excluding hydrogens is 404 g/mol. The lowest BCUT2D eigenvalue weighted by molar-refractivity contribution is 0.577. The van der Waals surface area contributed by atoms with Crippen LogP contribution >= 0.6 is 10.0 Å². The van der Waals surface area contributed by atoms with Crippen molar-refractivity contribution in [1.29, 1.82) is 0 Å². The zero-order valence-electron chi connectivity index (χ0n) is 19.9. The molecular formula is C31H34S. The highest BCUT2D eigenvalue weighted by atomic mass is 32.3. The van der Waals surface area contributed by atoms with E-state index in [4.69, 9.17) is 0 Å². The van der Waals surface area contributed by atoms with Crippen LogP contribution < -0.4 is 0 Å². The Balaban J connectivity index is 2.25. The molecule has 0 bridgehead atoms. The first-order valence-corrected chi connectivity index (χ1v) is 13.1. The summed E-state index contributed by atoms with van der Waals surface area (Å²) in [5.74, 6) is 0.437. The lowest BCUT2D eigenvalue weighted by atomic mass is 9.87. The van der Waals surface area contributed by atoms with Gasteiger partial charge in [-0.05, 0) is 58.9 Å². The molecule has 4 rings (SSSR count). The number of rotatable bonds is 5. The van der Waals surface area contributed by atoms with Crippen LogP contribution in [-0.2, 0) is 5.41 Å². The summed E-state index contributed by atoms with van der Waals surface area (Å²) in [5, 5.41) is 0. The van der Waals surface area contributed by atoms with Gasteiger partial charge in [0.1, 0.15) is 0 Å². The second-order valence-electron chi connectivity index (χ2n) is 9.68. The first kappa shape index (κ1) is 22.4. The van der Waals surface area contributed by atoms with Crippen LogP contribution in [0, 0.1) is 0 Å². The van der Waals surface area contributed by atoms with Gasteiger partial charge in [0.2, 0.25) is 0 Å². The highest BCUT2D eigenvalue weighted by Gasteiger charge is 2.38. The smallest absolute Gasteiger partial charge is 0.00604 e. The standard InChI is InChI=1S/C31H34S/c1-24(2)27-20-12-14-22-29(27)32(25-16-8-6-9-17-25,26-18-10-7-11-19-26)30-23-15-13-21-28(30)31(3,4)5/h6-24H,1-5H3. The Morgan fingerprint density at radius 3 is 1.47 bits per heavy atom. The van der Waals surface area contributed by atoms with Crippen molar-refractivity contribution >= 4 is 10.0 Å². The fourth-order valence-corrected chi connectivity index (χ4v) is 9.18. The van der Waals surface area contributed by atoms with Crippen molar-refractivity contribution in [2.75, 3.05) is 0 Å². The predicted octanol–water partition coefficient (Wildman–Crippen LogP) is 9.45. The van der Waals surface area contributed by atoms with Gasteiger partial charge in [0, 0.05) is 19.6 Å². The Kier molecular flexibility index (Phi) is 6.31. The van der Waals surface area contributed by atoms with Gasteiger partial charge in [-0.1, -0.05) is 107 Å². The van der Waals surface area contributed by atoms with Crippen LogP contribution in [0.4, 0.5) is 0 Å². The van der Waals surface area contributed by atoms with E-state index in [0.29, 0.717) is 5.92 Å². The topological polar surface area (TPSA) is 0 Å². The van der Waals surface area contributed by atoms with E-state index in [9.17, 15) is 0 Å². The van der Waals surface area contributed by atoms with Crippen molar-refractivity contribution in [3.05, 3.63) is 120 Å². The Labute approximate surface area is 195 Å². The summed E-state index contributed by atoms with van der Waals surface area (Å²) in [5.41, 5.74) is 2.88. The van der Waals surface area contributed by atoms with Crippen molar-refractivity contribution in [3.8, 4) is 0 Å². The van der Waals surface area contributed by atoms with E-state index in [1.54, 1.807) is 0 Å². The minimum absolute atomic E-state index is 0.0329. The molecule has 0 aliphatic rings. The number of hydrogen-bond acceptors (Lipinski definition) is 0. The minimum Gasteiger partial charge on any atom is -0.132 e. The molecule has 0 unspecified atom stereocenters. The third-order valence-electron chi connectivity index (χ3n) is 6.09. The third-order valence-corrected chi connectivity index (χ3v) is 10.1. The van der Waals surface area contributed by atoms with E-state index in [1.165, 1.54) is 30.7 Å². The molecule has 0 atom stereocenters. The Hall–Kier alpha value is -2.77. The molecule has 0 nitrogen and oxygen atoms in total. The van der Waals surface area contributed by atoms with Crippen molar-refractivity contribution in [3.63, 3.8) is 0 Å². The molecule has 0 aromatic heterocycles. The molecule has 0 aliphatic carbocycles. The molecule has 0 radical (unpaired) electrons. The molecule has 4 aromatic carbocycles. The molecule has 1 heteroatoms. The van der Waals surface area contributed by atoms with Crippen molar-refractivity contribution < 1.29 is 0 Å². The van der Waals surface area contributed by atoms with Gasteiger partial charge in [0.15, 0.2) is 0 Å². The van der Waals surface area contributed by atoms with Gasteiger partial charge in [-0.3, -0.25) is 0 Å². The highest BCUT2D eigenvalue weighted by molar-refractivity contribution is 8.34. The lowest BCUT2D eigenvalue weighted by Crippen LogP contribution is -2.17. The van der Waals surface area contributed by atoms with Gasteiger partial charge in [0.05, 0.1) is 0 Å². The summed E-state index contributed by atoms with van der Waals surface area (Å²) in [6.45, 7) is 11.6. The van der Waals surface area contributed by atoms with Gasteiger partial charge in [0.25, 0.3) is 0 Å². The SMILES string of the molecule is CC(C)c1ccccc1S(c1ccccc1)(c1ccccc1)c1ccccc1C(C)(C)C. The summed E-state index contributed by atoms with van der Waals surface area (Å²) in [6.07, 6.45) is 0. The Morgan fingerprint density at radius 1 is 0.531 bits per heavy atom. The molecule has 32 heavy (non-hydrogen) atoms. The Morgan fingerprint density at radius 2 is 0.969 bits per heavy atom. The van der Waals surface area contributed by atoms with E-state index in [1.807, 2.05) is 0 Å². The van der Waals surface area contributed by atoms with Gasteiger partial charge in [-0.2, -0.15) is 0 Å². The molecule has 0 amide bonds. The van der Waals surface area contributed by atoms with Crippen molar-refractivity contribution in [2.24, 2.45) is 0 Å². The van der Waals surface area contributed by atoms with E-state index < -0.39 is 10.0 Å². The maximum Gasteiger partial charge on any atom is 0.00604 e. The minimum atomic E-state index is -1.70. The van der Waals surface area contributed by atoms with Crippen LogP contribution in [0.5, 0.6) is 0 Å². The van der Waals surface area contributed by atoms with Crippen LogP contribution in [0.15, 0.2) is 129 Å². The van der Waals surface area contributed by atoms with E-state index >= 15 is 0 Å². The van der Waals surface area contributed by atoms with Gasteiger partial charge < -0.3 is 0 Å². The molecule has 0 saturated heterocycles. The zero-order chi connectivity index (χ0) is 22.8. The molecule has 164 valence electrons. The average molecular weight is 439 g/mol. The zero-order valence-corrected chi connectivity index (χ0v) is 20.7. The van der Waals surface area contributed by atoms with Crippen LogP contribution in [0.3, 0.4) is 0 Å². The van der Waals surface area contributed by atoms with Crippen LogP contribution in [-0.4, -0.2) is 0 Å². The maximum atomic E-state index is 2.38. The first-order valence-electron chi connectivity index (χ1n) is 11.5. The molecule has 0 spiro atoms. The second kappa shape index (κ2) is 9.00. The van der Waals surface area contributed by atoms with Crippen molar-refractivity contribution in [1.82, 2.24) is 0 Å². The number of benzene rings is 4. The van der Waals surface area contributed by atoms with Crippen LogP contribution in [0.1, 0.15) is 51.7 Å². The predicted molar refractivity (Wildman–Crippen MR) is 139 cm³/mol. The summed E-state index contributed by atoms with van der Waals surface area (Å²) < 4.78 is 0. The molecule has 0 N–H and O–H groups in total. The largest absolute Gasteiger partial charge is 0.132 e. The second-order valence-corrected chi connectivity index (χ2v) is 12.7.